The van der Waals surface area contributed by atoms with Crippen LogP contribution in [-0.2, 0) is 4.74 Å². The van der Waals surface area contributed by atoms with Gasteiger partial charge in [-0.1, -0.05) is 12.1 Å². The van der Waals surface area contributed by atoms with E-state index in [-0.39, 0.29) is 24.4 Å². The number of esters is 1. The quantitative estimate of drug-likeness (QED) is 0.829. The smallest absolute Gasteiger partial charge is 0.338 e. The highest BCUT2D eigenvalue weighted by molar-refractivity contribution is 5.89. The summed E-state index contributed by atoms with van der Waals surface area (Å²) in [6.45, 7) is 7.45. The molecule has 0 aliphatic heterocycles. The van der Waals surface area contributed by atoms with Gasteiger partial charge in [0.05, 0.1) is 5.56 Å². The summed E-state index contributed by atoms with van der Waals surface area (Å²) in [4.78, 5) is 11.7. The Morgan fingerprint density at radius 2 is 1.71 bits per heavy atom. The minimum absolute atomic E-state index is 0. The fourth-order valence-electron chi connectivity index (χ4n) is 1.26. The van der Waals surface area contributed by atoms with Crippen LogP contribution in [0.3, 0.4) is 0 Å². The summed E-state index contributed by atoms with van der Waals surface area (Å²) in [6.07, 6.45) is 0. The molecule has 0 heterocycles. The van der Waals surface area contributed by atoms with E-state index in [2.05, 4.69) is 0 Å². The number of nitrogens with two attached hydrogens (primary N) is 1. The Kier molecular flexibility index (Phi) is 5.66. The summed E-state index contributed by atoms with van der Waals surface area (Å²) in [7, 11) is 0. The molecule has 0 saturated heterocycles. The van der Waals surface area contributed by atoms with Gasteiger partial charge in [-0.3, -0.25) is 0 Å². The summed E-state index contributed by atoms with van der Waals surface area (Å²) >= 11 is 0. The number of carbonyl (C=O) groups is 1. The molecule has 0 fully saturated rings. The Hall–Kier alpha value is -1.06. The van der Waals surface area contributed by atoms with Crippen LogP contribution < -0.4 is 5.73 Å². The largest absolute Gasteiger partial charge is 0.456 e. The van der Waals surface area contributed by atoms with E-state index in [0.717, 1.165) is 5.56 Å². The van der Waals surface area contributed by atoms with Crippen LogP contribution in [0.25, 0.3) is 0 Å². The first kappa shape index (κ1) is 15.9. The number of carbonyl (C=O) groups excluding carboxylic acids is 1. The van der Waals surface area contributed by atoms with Gasteiger partial charge < -0.3 is 10.5 Å². The number of ether oxygens (including phenoxy) is 1. The summed E-state index contributed by atoms with van der Waals surface area (Å²) in [5.41, 5.74) is 6.83. The molecule has 1 aromatic carbocycles. The van der Waals surface area contributed by atoms with Crippen LogP contribution in [-0.4, -0.2) is 11.6 Å². The second-order valence-corrected chi connectivity index (χ2v) is 4.91. The molecule has 1 atom stereocenters. The monoisotopic (exact) mass is 257 g/mol. The molecule has 1 aromatic rings. The molecule has 1 rings (SSSR count). The Bertz CT molecular complexity index is 366. The van der Waals surface area contributed by atoms with E-state index in [1.165, 1.54) is 0 Å². The minimum Gasteiger partial charge on any atom is -0.456 e. The molecule has 17 heavy (non-hydrogen) atoms. The lowest BCUT2D eigenvalue weighted by molar-refractivity contribution is 0.00695. The normalized spacial score (nSPS) is 12.5. The summed E-state index contributed by atoms with van der Waals surface area (Å²) in [6, 6.07) is 7.17. The van der Waals surface area contributed by atoms with Crippen molar-refractivity contribution in [3.63, 3.8) is 0 Å². The van der Waals surface area contributed by atoms with Gasteiger partial charge >= 0.3 is 5.97 Å². The second-order valence-electron chi connectivity index (χ2n) is 4.91. The van der Waals surface area contributed by atoms with Crippen LogP contribution in [0.2, 0.25) is 0 Å². The van der Waals surface area contributed by atoms with Crippen LogP contribution >= 0.6 is 12.4 Å². The van der Waals surface area contributed by atoms with Crippen LogP contribution in [0.1, 0.15) is 49.7 Å². The lowest BCUT2D eigenvalue weighted by atomic mass is 10.1. The third-order valence-electron chi connectivity index (χ3n) is 2.07. The van der Waals surface area contributed by atoms with E-state index in [4.69, 9.17) is 10.5 Å². The molecule has 0 saturated carbocycles. The number of hydrogen-bond donors (Lipinski definition) is 1. The van der Waals surface area contributed by atoms with Crippen molar-refractivity contribution in [3.05, 3.63) is 35.4 Å². The number of rotatable bonds is 2. The molecule has 0 radical (unpaired) electrons. The zero-order valence-corrected chi connectivity index (χ0v) is 11.5. The van der Waals surface area contributed by atoms with E-state index in [0.29, 0.717) is 5.56 Å². The second kappa shape index (κ2) is 6.03. The van der Waals surface area contributed by atoms with Crippen molar-refractivity contribution in [3.8, 4) is 0 Å². The van der Waals surface area contributed by atoms with Gasteiger partial charge in [0.1, 0.15) is 5.60 Å². The van der Waals surface area contributed by atoms with E-state index >= 15 is 0 Å². The maximum atomic E-state index is 11.7. The molecule has 0 spiro atoms. The Labute approximate surface area is 109 Å². The standard InChI is InChI=1S/C13H19NO2.ClH/c1-9(14)10-5-7-11(8-6-10)12(15)16-13(2,3)4;/h5-9H,14H2,1-4H3;1H/t9-;/m1./s1. The van der Waals surface area contributed by atoms with Gasteiger partial charge in [-0.15, -0.1) is 12.4 Å². The topological polar surface area (TPSA) is 52.3 Å². The van der Waals surface area contributed by atoms with Gasteiger partial charge in [-0.2, -0.15) is 0 Å². The highest BCUT2D eigenvalue weighted by atomic mass is 35.5. The molecular weight excluding hydrogens is 238 g/mol. The van der Waals surface area contributed by atoms with Gasteiger partial charge in [0.2, 0.25) is 0 Å². The molecule has 0 amide bonds. The van der Waals surface area contributed by atoms with E-state index in [1.807, 2.05) is 39.8 Å². The number of halogens is 1. The molecule has 0 aromatic heterocycles. The van der Waals surface area contributed by atoms with Crippen molar-refractivity contribution in [2.75, 3.05) is 0 Å². The Morgan fingerprint density at radius 3 is 2.06 bits per heavy atom. The number of benzene rings is 1. The van der Waals surface area contributed by atoms with Crippen molar-refractivity contribution in [1.29, 1.82) is 0 Å². The van der Waals surface area contributed by atoms with E-state index < -0.39 is 5.60 Å². The van der Waals surface area contributed by atoms with Crippen molar-refractivity contribution in [1.82, 2.24) is 0 Å². The fourth-order valence-corrected chi connectivity index (χ4v) is 1.26. The number of hydrogen-bond acceptors (Lipinski definition) is 3. The molecule has 2 N–H and O–H groups in total. The van der Waals surface area contributed by atoms with Crippen LogP contribution in [0.15, 0.2) is 24.3 Å². The summed E-state index contributed by atoms with van der Waals surface area (Å²) < 4.78 is 5.25. The predicted octanol–water partition coefficient (Wildman–Crippen LogP) is 3.08. The summed E-state index contributed by atoms with van der Waals surface area (Å²) in [5, 5.41) is 0. The first-order chi connectivity index (χ1) is 7.29. The lowest BCUT2D eigenvalue weighted by Gasteiger charge is -2.19. The predicted molar refractivity (Wildman–Crippen MR) is 71.5 cm³/mol. The minimum atomic E-state index is -0.461. The van der Waals surface area contributed by atoms with Gasteiger partial charge in [0, 0.05) is 6.04 Å². The highest BCUT2D eigenvalue weighted by Crippen LogP contribution is 2.15. The SMILES string of the molecule is C[C@@H](N)c1ccc(C(=O)OC(C)(C)C)cc1.Cl. The molecule has 0 bridgehead atoms. The molecule has 3 nitrogen and oxygen atoms in total. The Morgan fingerprint density at radius 1 is 1.24 bits per heavy atom. The van der Waals surface area contributed by atoms with E-state index in [1.54, 1.807) is 12.1 Å². The lowest BCUT2D eigenvalue weighted by Crippen LogP contribution is -2.23. The first-order valence-corrected chi connectivity index (χ1v) is 5.38. The average molecular weight is 258 g/mol. The van der Waals surface area contributed by atoms with Gasteiger partial charge in [0.15, 0.2) is 0 Å². The third-order valence-corrected chi connectivity index (χ3v) is 2.07. The Balaban J connectivity index is 0.00000256. The zero-order chi connectivity index (χ0) is 12.3. The highest BCUT2D eigenvalue weighted by Gasteiger charge is 2.17. The van der Waals surface area contributed by atoms with E-state index in [9.17, 15) is 4.79 Å². The van der Waals surface area contributed by atoms with Crippen LogP contribution in [0.5, 0.6) is 0 Å². The van der Waals surface area contributed by atoms with Gasteiger partial charge in [-0.25, -0.2) is 4.79 Å². The van der Waals surface area contributed by atoms with Gasteiger partial charge in [-0.05, 0) is 45.4 Å². The van der Waals surface area contributed by atoms with Gasteiger partial charge in [0.25, 0.3) is 0 Å². The van der Waals surface area contributed by atoms with Crippen LogP contribution in [0, 0.1) is 0 Å². The maximum Gasteiger partial charge on any atom is 0.338 e. The molecule has 4 heteroatoms. The first-order valence-electron chi connectivity index (χ1n) is 5.38. The van der Waals surface area contributed by atoms with Crippen molar-refractivity contribution in [2.45, 2.75) is 39.3 Å². The molecule has 0 aliphatic rings. The zero-order valence-electron chi connectivity index (χ0n) is 10.7. The average Bonchev–Trinajstić information content (AvgIpc) is 2.15. The van der Waals surface area contributed by atoms with Crippen LogP contribution in [0.4, 0.5) is 0 Å². The third kappa shape index (κ3) is 5.20. The van der Waals surface area contributed by atoms with Crippen molar-refractivity contribution in [2.24, 2.45) is 5.73 Å². The molecule has 0 aliphatic carbocycles. The summed E-state index contributed by atoms with van der Waals surface area (Å²) in [5.74, 6) is -0.302. The molecular formula is C13H20ClNO2. The van der Waals surface area contributed by atoms with Crippen molar-refractivity contribution >= 4 is 18.4 Å². The maximum absolute atomic E-state index is 11.7. The molecule has 96 valence electrons. The fraction of sp³-hybridized carbons (Fsp3) is 0.462. The van der Waals surface area contributed by atoms with Crippen molar-refractivity contribution < 1.29 is 9.53 Å². The molecule has 0 unspecified atom stereocenters.